The van der Waals surface area contributed by atoms with Crippen molar-refractivity contribution in [3.63, 3.8) is 0 Å². The standard InChI is InChI=1S/C6H14Cl/c1-3-4-5-6(2)7/h6-7H,3-5H2,1-2H3/q+1. The first-order valence-corrected chi connectivity index (χ1v) is 3.40. The molecule has 0 N–H and O–H groups in total. The van der Waals surface area contributed by atoms with Crippen molar-refractivity contribution in [1.29, 1.82) is 0 Å². The summed E-state index contributed by atoms with van der Waals surface area (Å²) in [5.41, 5.74) is 0. The molecule has 0 bridgehead atoms. The molecule has 0 amide bonds. The Morgan fingerprint density at radius 2 is 2.14 bits per heavy atom. The van der Waals surface area contributed by atoms with Crippen molar-refractivity contribution in [2.45, 2.75) is 38.5 Å². The van der Waals surface area contributed by atoms with Crippen LogP contribution in [-0.2, 0) is 0 Å². The Kier molecular flexibility index (Phi) is 4.63. The summed E-state index contributed by atoms with van der Waals surface area (Å²) >= 11 is 4.94. The zero-order valence-electron chi connectivity index (χ0n) is 5.11. The highest BCUT2D eigenvalue weighted by Gasteiger charge is 2.00. The van der Waals surface area contributed by atoms with Crippen molar-refractivity contribution < 1.29 is 11.6 Å². The topological polar surface area (TPSA) is 0 Å². The van der Waals surface area contributed by atoms with Crippen molar-refractivity contribution in [2.24, 2.45) is 0 Å². The Morgan fingerprint density at radius 1 is 1.57 bits per heavy atom. The fraction of sp³-hybridized carbons (Fsp3) is 1.00. The molecule has 44 valence electrons. The van der Waals surface area contributed by atoms with Gasteiger partial charge in [-0.15, -0.1) is 0 Å². The SMILES string of the molecule is CCCCC(C)[ClH+]. The molecule has 0 aliphatic rings. The lowest BCUT2D eigenvalue weighted by molar-refractivity contribution is -0.415. The summed E-state index contributed by atoms with van der Waals surface area (Å²) in [6, 6.07) is 0. The van der Waals surface area contributed by atoms with Crippen LogP contribution in [0.2, 0.25) is 0 Å². The summed E-state index contributed by atoms with van der Waals surface area (Å²) in [7, 11) is 0. The third-order valence-electron chi connectivity index (χ3n) is 0.964. The Balaban J connectivity index is 2.68. The summed E-state index contributed by atoms with van der Waals surface area (Å²) in [4.78, 5) is 0. The molecular weight excluding hydrogens is 108 g/mol. The Morgan fingerprint density at radius 3 is 2.29 bits per heavy atom. The highest BCUT2D eigenvalue weighted by Crippen LogP contribution is 1.98. The van der Waals surface area contributed by atoms with Crippen molar-refractivity contribution >= 4 is 0 Å². The average molecular weight is 122 g/mol. The molecule has 0 saturated carbocycles. The maximum absolute atomic E-state index is 4.94. The van der Waals surface area contributed by atoms with Gasteiger partial charge in [-0.1, -0.05) is 13.3 Å². The molecule has 0 saturated heterocycles. The number of unbranched alkanes of at least 4 members (excludes halogenated alkanes) is 1. The Bertz CT molecular complexity index is 33.2. The monoisotopic (exact) mass is 121 g/mol. The van der Waals surface area contributed by atoms with Crippen LogP contribution in [0.25, 0.3) is 0 Å². The van der Waals surface area contributed by atoms with Crippen molar-refractivity contribution in [2.75, 3.05) is 0 Å². The van der Waals surface area contributed by atoms with E-state index in [-0.39, 0.29) is 0 Å². The van der Waals surface area contributed by atoms with E-state index < -0.39 is 0 Å². The zero-order chi connectivity index (χ0) is 5.70. The minimum Gasteiger partial charge on any atom is -0.0654 e. The molecule has 0 aromatic heterocycles. The van der Waals surface area contributed by atoms with Crippen molar-refractivity contribution in [1.82, 2.24) is 0 Å². The van der Waals surface area contributed by atoms with Gasteiger partial charge in [0.1, 0.15) is 11.6 Å². The van der Waals surface area contributed by atoms with E-state index in [1.165, 1.54) is 19.3 Å². The number of hydrogen-bond donors (Lipinski definition) is 0. The molecule has 1 unspecified atom stereocenters. The predicted octanol–water partition coefficient (Wildman–Crippen LogP) is 1.85. The van der Waals surface area contributed by atoms with Crippen LogP contribution in [0.1, 0.15) is 33.1 Å². The van der Waals surface area contributed by atoms with Crippen LogP contribution in [0.5, 0.6) is 0 Å². The number of rotatable bonds is 3. The minimum absolute atomic E-state index is 0.486. The number of alkyl halides is 1. The molecular formula is C6H14Cl+. The van der Waals surface area contributed by atoms with E-state index in [4.69, 9.17) is 11.6 Å². The molecule has 0 aliphatic heterocycles. The highest BCUT2D eigenvalue weighted by molar-refractivity contribution is 4.42. The molecule has 0 spiro atoms. The van der Waals surface area contributed by atoms with E-state index in [9.17, 15) is 0 Å². The van der Waals surface area contributed by atoms with Gasteiger partial charge >= 0.3 is 0 Å². The van der Waals surface area contributed by atoms with E-state index in [0.29, 0.717) is 5.38 Å². The first-order valence-electron chi connectivity index (χ1n) is 2.93. The van der Waals surface area contributed by atoms with E-state index in [1.54, 1.807) is 0 Å². The number of halogens is 1. The molecule has 7 heavy (non-hydrogen) atoms. The van der Waals surface area contributed by atoms with Crippen LogP contribution < -0.4 is 0 Å². The number of hydrogen-bond acceptors (Lipinski definition) is 0. The van der Waals surface area contributed by atoms with Gasteiger partial charge in [0.15, 0.2) is 5.38 Å². The molecule has 0 fully saturated rings. The third-order valence-corrected chi connectivity index (χ3v) is 1.20. The lowest BCUT2D eigenvalue weighted by Crippen LogP contribution is -1.93. The van der Waals surface area contributed by atoms with Crippen LogP contribution in [0, 0.1) is 11.6 Å². The quantitative estimate of drug-likeness (QED) is 0.500. The molecule has 0 aliphatic carbocycles. The fourth-order valence-electron chi connectivity index (χ4n) is 0.492. The molecule has 1 heteroatoms. The molecule has 0 aromatic carbocycles. The van der Waals surface area contributed by atoms with Gasteiger partial charge in [-0.2, -0.15) is 0 Å². The van der Waals surface area contributed by atoms with Crippen LogP contribution in [-0.4, -0.2) is 5.38 Å². The van der Waals surface area contributed by atoms with Gasteiger partial charge in [0.2, 0.25) is 0 Å². The Labute approximate surface area is 50.9 Å². The third kappa shape index (κ3) is 6.29. The maximum Gasteiger partial charge on any atom is 0.176 e. The van der Waals surface area contributed by atoms with Gasteiger partial charge in [-0.3, -0.25) is 0 Å². The maximum atomic E-state index is 4.94. The van der Waals surface area contributed by atoms with Gasteiger partial charge in [-0.25, -0.2) is 0 Å². The molecule has 0 nitrogen and oxygen atoms in total. The van der Waals surface area contributed by atoms with Gasteiger partial charge in [0.25, 0.3) is 0 Å². The van der Waals surface area contributed by atoms with Crippen molar-refractivity contribution in [3.8, 4) is 0 Å². The lowest BCUT2D eigenvalue weighted by Gasteiger charge is -1.89. The molecule has 0 rings (SSSR count). The van der Waals surface area contributed by atoms with Crippen LogP contribution in [0.15, 0.2) is 0 Å². The average Bonchev–Trinajstić information content (AvgIpc) is 1.61. The van der Waals surface area contributed by atoms with E-state index >= 15 is 0 Å². The smallest absolute Gasteiger partial charge is 0.0654 e. The predicted molar refractivity (Wildman–Crippen MR) is 30.4 cm³/mol. The van der Waals surface area contributed by atoms with Crippen LogP contribution >= 0.6 is 0 Å². The summed E-state index contributed by atoms with van der Waals surface area (Å²) in [5, 5.41) is 0.486. The lowest BCUT2D eigenvalue weighted by atomic mass is 10.2. The van der Waals surface area contributed by atoms with E-state index in [0.717, 1.165) is 0 Å². The Hall–Kier alpha value is 0.290. The van der Waals surface area contributed by atoms with Gasteiger partial charge < -0.3 is 0 Å². The summed E-state index contributed by atoms with van der Waals surface area (Å²) in [6.07, 6.45) is 3.79. The molecule has 0 heterocycles. The van der Waals surface area contributed by atoms with Crippen LogP contribution in [0.3, 0.4) is 0 Å². The highest BCUT2D eigenvalue weighted by atomic mass is 35.5. The van der Waals surface area contributed by atoms with Crippen molar-refractivity contribution in [3.05, 3.63) is 0 Å². The summed E-state index contributed by atoms with van der Waals surface area (Å²) in [6.45, 7) is 4.28. The summed E-state index contributed by atoms with van der Waals surface area (Å²) < 4.78 is 0. The van der Waals surface area contributed by atoms with Crippen LogP contribution in [0.4, 0.5) is 0 Å². The van der Waals surface area contributed by atoms with Gasteiger partial charge in [0.05, 0.1) is 0 Å². The normalized spacial score (nSPS) is 14.1. The van der Waals surface area contributed by atoms with Gasteiger partial charge in [-0.05, 0) is 13.3 Å². The largest absolute Gasteiger partial charge is 0.176 e. The second kappa shape index (κ2) is 4.45. The second-order valence-corrected chi connectivity index (χ2v) is 2.76. The molecule has 0 aromatic rings. The molecule has 1 atom stereocenters. The minimum atomic E-state index is 0.486. The first-order chi connectivity index (χ1) is 3.27. The van der Waals surface area contributed by atoms with Gasteiger partial charge in [0, 0.05) is 6.42 Å². The first kappa shape index (κ1) is 7.29. The zero-order valence-corrected chi connectivity index (χ0v) is 5.92. The second-order valence-electron chi connectivity index (χ2n) is 1.95. The van der Waals surface area contributed by atoms with E-state index in [1.807, 2.05) is 0 Å². The molecule has 0 radical (unpaired) electrons. The van der Waals surface area contributed by atoms with E-state index in [2.05, 4.69) is 13.8 Å². The summed E-state index contributed by atoms with van der Waals surface area (Å²) in [5.74, 6) is 0. The fourth-order valence-corrected chi connectivity index (χ4v) is 0.658.